The van der Waals surface area contributed by atoms with Crippen LogP contribution in [0.1, 0.15) is 0 Å². The molecule has 0 saturated heterocycles. The fraction of sp³-hybridized carbons (Fsp3) is 0. The van der Waals surface area contributed by atoms with E-state index in [1.165, 1.54) is 75.5 Å². The van der Waals surface area contributed by atoms with Crippen LogP contribution in [0.2, 0.25) is 0 Å². The average Bonchev–Trinajstić information content (AvgIpc) is 3.80. The molecule has 268 valence electrons. The molecule has 0 atom stereocenters. The summed E-state index contributed by atoms with van der Waals surface area (Å²) >= 11 is 0. The van der Waals surface area contributed by atoms with Crippen LogP contribution in [0.3, 0.4) is 0 Å². The molecular weight excluding hydrogens is 705 g/mol. The zero-order valence-corrected chi connectivity index (χ0v) is 32.3. The molecule has 0 bridgehead atoms. The number of rotatable bonds is 7. The van der Waals surface area contributed by atoms with Crippen LogP contribution in [0.25, 0.3) is 66.1 Å². The fourth-order valence-electron chi connectivity index (χ4n) is 9.44. The molecule has 0 unspecified atom stereocenters. The first-order valence-electron chi connectivity index (χ1n) is 19.7. The number of fused-ring (bicyclic) bond motifs is 6. The first-order valence-corrected chi connectivity index (χ1v) is 21.7. The second-order valence-corrected chi connectivity index (χ2v) is 18.6. The molecule has 2 nitrogen and oxygen atoms in total. The average molecular weight is 743 g/mol. The van der Waals surface area contributed by atoms with Gasteiger partial charge in [-0.15, -0.1) is 0 Å². The van der Waals surface area contributed by atoms with Gasteiger partial charge in [-0.05, 0) is 74.3 Å². The summed E-state index contributed by atoms with van der Waals surface area (Å²) in [4.78, 5) is 0. The first-order chi connectivity index (χ1) is 28.3. The maximum absolute atomic E-state index is 2.91. The Hall–Kier alpha value is -7.20. The van der Waals surface area contributed by atoms with Crippen molar-refractivity contribution in [3.05, 3.63) is 231 Å². The van der Waals surface area contributed by atoms with Gasteiger partial charge in [0.05, 0.1) is 22.1 Å². The van der Waals surface area contributed by atoms with E-state index in [1.807, 2.05) is 0 Å². The van der Waals surface area contributed by atoms with Crippen molar-refractivity contribution in [2.24, 2.45) is 0 Å². The summed E-state index contributed by atoms with van der Waals surface area (Å²) in [5.74, 6) is 0. The monoisotopic (exact) mass is 742 g/mol. The summed E-state index contributed by atoms with van der Waals surface area (Å²) in [6.07, 6.45) is 0. The van der Waals surface area contributed by atoms with Gasteiger partial charge in [0, 0.05) is 32.9 Å². The van der Waals surface area contributed by atoms with Crippen molar-refractivity contribution in [1.29, 1.82) is 0 Å². The van der Waals surface area contributed by atoms with Crippen LogP contribution < -0.4 is 20.7 Å². The summed E-state index contributed by atoms with van der Waals surface area (Å²) in [7, 11) is -2.91. The summed E-state index contributed by atoms with van der Waals surface area (Å²) < 4.78 is 4.90. The second-order valence-electron chi connectivity index (χ2n) is 14.9. The van der Waals surface area contributed by atoms with Gasteiger partial charge in [-0.1, -0.05) is 188 Å². The highest BCUT2D eigenvalue weighted by molar-refractivity contribution is 7.20. The van der Waals surface area contributed by atoms with Crippen molar-refractivity contribution in [2.75, 3.05) is 0 Å². The summed E-state index contributed by atoms with van der Waals surface area (Å²) in [6.45, 7) is 0. The van der Waals surface area contributed by atoms with Gasteiger partial charge < -0.3 is 9.13 Å². The number of hydrogen-bond acceptors (Lipinski definition) is 0. The van der Waals surface area contributed by atoms with Gasteiger partial charge >= 0.3 is 0 Å². The summed E-state index contributed by atoms with van der Waals surface area (Å²) in [5, 5.41) is 10.5. The minimum atomic E-state index is -2.91. The normalized spacial score (nSPS) is 11.9. The summed E-state index contributed by atoms with van der Waals surface area (Å²) in [5.41, 5.74) is 9.54. The van der Waals surface area contributed by atoms with Gasteiger partial charge in [0.1, 0.15) is 0 Å². The largest absolute Gasteiger partial charge is 0.309 e. The topological polar surface area (TPSA) is 9.86 Å². The second kappa shape index (κ2) is 13.5. The highest BCUT2D eigenvalue weighted by Gasteiger charge is 2.43. The lowest BCUT2D eigenvalue weighted by Gasteiger charge is -2.36. The van der Waals surface area contributed by atoms with Gasteiger partial charge in [0.2, 0.25) is 0 Å². The number of para-hydroxylation sites is 3. The SMILES string of the molecule is c1ccc(-c2cc3c(cc2[Si](c2ccccc2)(c2ccccc2)c2ccccc2)c2ccccc2n3-c2ccc3c4ccccc4n(-c4ccccc4)c3c2)cc1. The molecule has 0 aliphatic carbocycles. The molecule has 0 radical (unpaired) electrons. The van der Waals surface area contributed by atoms with Crippen molar-refractivity contribution < 1.29 is 0 Å². The number of aromatic nitrogens is 2. The minimum Gasteiger partial charge on any atom is -0.309 e. The molecule has 57 heavy (non-hydrogen) atoms. The molecule has 0 N–H and O–H groups in total. The first kappa shape index (κ1) is 33.2. The Bertz CT molecular complexity index is 3110. The Morgan fingerprint density at radius 1 is 0.281 bits per heavy atom. The van der Waals surface area contributed by atoms with E-state index in [2.05, 4.69) is 240 Å². The lowest BCUT2D eigenvalue weighted by molar-refractivity contribution is 1.15. The molecule has 11 rings (SSSR count). The molecule has 0 aliphatic rings. The van der Waals surface area contributed by atoms with Gasteiger partial charge in [-0.3, -0.25) is 0 Å². The molecule has 9 aromatic carbocycles. The van der Waals surface area contributed by atoms with Crippen LogP contribution in [-0.2, 0) is 0 Å². The van der Waals surface area contributed by atoms with E-state index in [4.69, 9.17) is 0 Å². The van der Waals surface area contributed by atoms with Crippen LogP contribution in [0.15, 0.2) is 231 Å². The molecule has 0 saturated carbocycles. The van der Waals surface area contributed by atoms with Crippen molar-refractivity contribution in [2.45, 2.75) is 0 Å². The molecule has 0 aliphatic heterocycles. The van der Waals surface area contributed by atoms with Crippen LogP contribution in [0.4, 0.5) is 0 Å². The lowest BCUT2D eigenvalue weighted by Crippen LogP contribution is -2.75. The third-order valence-electron chi connectivity index (χ3n) is 11.9. The number of benzene rings is 9. The Morgan fingerprint density at radius 2 is 0.702 bits per heavy atom. The van der Waals surface area contributed by atoms with Crippen molar-refractivity contribution >= 4 is 72.4 Å². The van der Waals surface area contributed by atoms with Gasteiger partial charge in [0.15, 0.2) is 8.07 Å². The molecule has 0 amide bonds. The quantitative estimate of drug-likeness (QED) is 0.114. The van der Waals surface area contributed by atoms with Crippen LogP contribution in [0, 0.1) is 0 Å². The molecule has 3 heteroatoms. The van der Waals surface area contributed by atoms with Crippen molar-refractivity contribution in [3.8, 4) is 22.5 Å². The van der Waals surface area contributed by atoms with Crippen molar-refractivity contribution in [1.82, 2.24) is 9.13 Å². The fourth-order valence-corrected chi connectivity index (χ4v) is 14.4. The van der Waals surface area contributed by atoms with E-state index in [1.54, 1.807) is 0 Å². The maximum Gasteiger partial charge on any atom is 0.180 e. The van der Waals surface area contributed by atoms with Crippen molar-refractivity contribution in [3.63, 3.8) is 0 Å². The van der Waals surface area contributed by atoms with Crippen LogP contribution in [-0.4, -0.2) is 17.2 Å². The zero-order valence-electron chi connectivity index (χ0n) is 31.3. The predicted octanol–water partition coefficient (Wildman–Crippen LogP) is 10.9. The van der Waals surface area contributed by atoms with E-state index in [9.17, 15) is 0 Å². The third kappa shape index (κ3) is 5.17. The minimum absolute atomic E-state index is 1.14. The highest BCUT2D eigenvalue weighted by Crippen LogP contribution is 2.38. The lowest BCUT2D eigenvalue weighted by atomic mass is 10.0. The molecule has 2 heterocycles. The van der Waals surface area contributed by atoms with Crippen LogP contribution in [0.5, 0.6) is 0 Å². The molecular formula is C54H38N2Si. The number of nitrogens with zero attached hydrogens (tertiary/aromatic N) is 2. The van der Waals surface area contributed by atoms with Gasteiger partial charge in [-0.2, -0.15) is 0 Å². The smallest absolute Gasteiger partial charge is 0.180 e. The molecule has 0 spiro atoms. The van der Waals surface area contributed by atoms with Crippen LogP contribution >= 0.6 is 0 Å². The van der Waals surface area contributed by atoms with Gasteiger partial charge in [-0.25, -0.2) is 0 Å². The van der Waals surface area contributed by atoms with E-state index in [0.717, 1.165) is 11.4 Å². The number of hydrogen-bond donors (Lipinski definition) is 0. The Balaban J connectivity index is 1.28. The Morgan fingerprint density at radius 3 is 1.26 bits per heavy atom. The van der Waals surface area contributed by atoms with E-state index in [-0.39, 0.29) is 0 Å². The molecule has 11 aromatic rings. The van der Waals surface area contributed by atoms with E-state index < -0.39 is 8.07 Å². The zero-order chi connectivity index (χ0) is 37.8. The third-order valence-corrected chi connectivity index (χ3v) is 16.7. The van der Waals surface area contributed by atoms with Gasteiger partial charge in [0.25, 0.3) is 0 Å². The summed E-state index contributed by atoms with van der Waals surface area (Å²) in [6, 6.07) is 85.4. The Kier molecular flexibility index (Phi) is 7.87. The molecule has 2 aromatic heterocycles. The van der Waals surface area contributed by atoms with E-state index in [0.29, 0.717) is 0 Å². The maximum atomic E-state index is 2.56. The molecule has 0 fully saturated rings. The van der Waals surface area contributed by atoms with E-state index >= 15 is 0 Å². The highest BCUT2D eigenvalue weighted by atomic mass is 28.3. The standard InChI is InChI=1S/C54H38N2Si/c1-6-20-39(21-7-1)48-37-53-49(38-54(48)57(42-24-10-3-11-25-42,43-26-12-4-13-27-43)44-28-14-5-15-29-44)46-31-17-19-33-51(46)56(53)41-34-35-47-45-30-16-18-32-50(45)55(52(47)36-41)40-22-8-2-9-23-40/h1-38H. The Labute approximate surface area is 333 Å². The predicted molar refractivity (Wildman–Crippen MR) is 244 cm³/mol.